The van der Waals surface area contributed by atoms with E-state index in [9.17, 15) is 9.59 Å². The summed E-state index contributed by atoms with van der Waals surface area (Å²) in [5.41, 5.74) is 4.14. The van der Waals surface area contributed by atoms with Crippen LogP contribution in [-0.2, 0) is 22.7 Å². The van der Waals surface area contributed by atoms with E-state index < -0.39 is 0 Å². The minimum atomic E-state index is -0.331. The lowest BCUT2D eigenvalue weighted by molar-refractivity contribution is -0.152. The molecule has 250 valence electrons. The molecule has 3 aromatic carbocycles. The van der Waals surface area contributed by atoms with Gasteiger partial charge in [-0.15, -0.1) is 0 Å². The molecule has 1 N–H and O–H groups in total. The molecule has 2 aliphatic rings. The highest BCUT2D eigenvalue weighted by atomic mass is 16.5. The fraction of sp³-hybridized carbons (Fsp3) is 0.450. The average Bonchev–Trinajstić information content (AvgIpc) is 3.59. The number of nitrogens with zero attached hydrogens (tertiary/aromatic N) is 1. The molecule has 0 radical (unpaired) electrons. The number of hydrogen-bond donors (Lipinski definition) is 1. The van der Waals surface area contributed by atoms with E-state index in [1.807, 2.05) is 84.6 Å². The molecule has 1 saturated heterocycles. The van der Waals surface area contributed by atoms with Crippen LogP contribution < -0.4 is 14.8 Å². The van der Waals surface area contributed by atoms with Crippen molar-refractivity contribution < 1.29 is 23.8 Å². The average molecular weight is 639 g/mol. The Hall–Kier alpha value is -4.10. The van der Waals surface area contributed by atoms with Crippen molar-refractivity contribution in [3.05, 3.63) is 102 Å². The maximum atomic E-state index is 14.2. The number of carbonyl (C=O) groups excluding carboxylic acids is 2. The molecule has 0 aromatic heterocycles. The second kappa shape index (κ2) is 16.6. The van der Waals surface area contributed by atoms with E-state index in [4.69, 9.17) is 14.2 Å². The smallest absolute Gasteiger partial charge is 0.323 e. The first kappa shape index (κ1) is 34.2. The van der Waals surface area contributed by atoms with Gasteiger partial charge in [0.15, 0.2) is 0 Å². The van der Waals surface area contributed by atoms with Crippen LogP contribution in [0, 0.1) is 5.92 Å². The molecule has 1 aliphatic heterocycles. The minimum Gasteiger partial charge on any atom is -0.488 e. The molecular formula is C40H50N2O5. The zero-order valence-electron chi connectivity index (χ0n) is 28.2. The third-order valence-corrected chi connectivity index (χ3v) is 9.04. The predicted molar refractivity (Wildman–Crippen MR) is 186 cm³/mol. The number of hydrogen-bond acceptors (Lipinski definition) is 6. The quantitative estimate of drug-likeness (QED) is 0.181. The summed E-state index contributed by atoms with van der Waals surface area (Å²) in [4.78, 5) is 29.2. The molecule has 0 bridgehead atoms. The lowest BCUT2D eigenvalue weighted by atomic mass is 9.98. The van der Waals surface area contributed by atoms with Crippen LogP contribution >= 0.6 is 0 Å². The van der Waals surface area contributed by atoms with Crippen LogP contribution in [0.4, 0.5) is 0 Å². The molecule has 2 fully saturated rings. The summed E-state index contributed by atoms with van der Waals surface area (Å²) in [5, 5.41) is 3.60. The van der Waals surface area contributed by atoms with Crippen LogP contribution in [0.2, 0.25) is 0 Å². The molecule has 5 rings (SSSR count). The zero-order valence-corrected chi connectivity index (χ0v) is 28.2. The van der Waals surface area contributed by atoms with E-state index in [0.717, 1.165) is 67.2 Å². The fourth-order valence-corrected chi connectivity index (χ4v) is 6.43. The highest BCUT2D eigenvalue weighted by molar-refractivity contribution is 5.98. The topological polar surface area (TPSA) is 77.1 Å². The number of nitrogens with one attached hydrogen (secondary N) is 1. The van der Waals surface area contributed by atoms with E-state index in [1.165, 1.54) is 0 Å². The van der Waals surface area contributed by atoms with Gasteiger partial charge in [0.2, 0.25) is 0 Å². The van der Waals surface area contributed by atoms with Crippen LogP contribution in [0.5, 0.6) is 11.5 Å². The summed E-state index contributed by atoms with van der Waals surface area (Å²) in [7, 11) is 0. The lowest BCUT2D eigenvalue weighted by Crippen LogP contribution is -2.51. The van der Waals surface area contributed by atoms with Crippen molar-refractivity contribution in [2.24, 2.45) is 5.92 Å². The largest absolute Gasteiger partial charge is 0.488 e. The summed E-state index contributed by atoms with van der Waals surface area (Å²) in [5.74, 6) is 1.26. The van der Waals surface area contributed by atoms with Crippen LogP contribution in [0.25, 0.3) is 5.57 Å². The van der Waals surface area contributed by atoms with Crippen molar-refractivity contribution in [3.8, 4) is 11.5 Å². The standard InChI is InChI=1S/C40H50N2O5/c1-28(2)23-36(40(44)47-33-17-11-12-18-33)41-32-19-21-42(22-20-32)39(43)35-24-34(29(3)4)37(45-26-30-13-7-5-8-14-30)25-38(35)46-27-31-15-9-6-10-16-31/h5-10,13-16,24-25,28,32-33,36,41H,3,11-12,17-23,26-27H2,1-2,4H3. The van der Waals surface area contributed by atoms with Crippen LogP contribution in [-0.4, -0.2) is 48.1 Å². The Bertz CT molecular complexity index is 1480. The van der Waals surface area contributed by atoms with Gasteiger partial charge in [-0.3, -0.25) is 9.59 Å². The van der Waals surface area contributed by atoms with Gasteiger partial charge in [0.1, 0.15) is 36.9 Å². The first-order valence-corrected chi connectivity index (χ1v) is 17.2. The molecular weight excluding hydrogens is 588 g/mol. The summed E-state index contributed by atoms with van der Waals surface area (Å²) in [6.07, 6.45) is 6.47. The Balaban J connectivity index is 1.30. The van der Waals surface area contributed by atoms with Gasteiger partial charge in [-0.1, -0.05) is 81.1 Å². The third-order valence-electron chi connectivity index (χ3n) is 9.04. The Kier molecular flexibility index (Phi) is 12.1. The maximum absolute atomic E-state index is 14.2. The lowest BCUT2D eigenvalue weighted by Gasteiger charge is -2.35. The third kappa shape index (κ3) is 9.71. The maximum Gasteiger partial charge on any atom is 0.323 e. The Morgan fingerprint density at radius 3 is 1.91 bits per heavy atom. The van der Waals surface area contributed by atoms with Crippen molar-refractivity contribution >= 4 is 17.4 Å². The monoisotopic (exact) mass is 638 g/mol. The molecule has 47 heavy (non-hydrogen) atoms. The van der Waals surface area contributed by atoms with Gasteiger partial charge in [0.25, 0.3) is 5.91 Å². The predicted octanol–water partition coefficient (Wildman–Crippen LogP) is 7.97. The van der Waals surface area contributed by atoms with E-state index in [0.29, 0.717) is 49.3 Å². The molecule has 7 heteroatoms. The number of piperidine rings is 1. The Morgan fingerprint density at radius 2 is 1.38 bits per heavy atom. The Morgan fingerprint density at radius 1 is 0.830 bits per heavy atom. The first-order chi connectivity index (χ1) is 22.8. The number of carbonyl (C=O) groups is 2. The summed E-state index contributed by atoms with van der Waals surface area (Å²) >= 11 is 0. The second-order valence-electron chi connectivity index (χ2n) is 13.4. The van der Waals surface area contributed by atoms with Gasteiger partial charge < -0.3 is 24.4 Å². The van der Waals surface area contributed by atoms with Crippen molar-refractivity contribution in [2.45, 2.75) is 97.1 Å². The molecule has 0 spiro atoms. The highest BCUT2D eigenvalue weighted by Crippen LogP contribution is 2.35. The molecule has 3 aromatic rings. The second-order valence-corrected chi connectivity index (χ2v) is 13.4. The highest BCUT2D eigenvalue weighted by Gasteiger charge is 2.32. The molecule has 1 unspecified atom stereocenters. The number of esters is 1. The molecule has 7 nitrogen and oxygen atoms in total. The van der Waals surface area contributed by atoms with Crippen molar-refractivity contribution in [3.63, 3.8) is 0 Å². The molecule has 1 aliphatic carbocycles. The number of benzene rings is 3. The van der Waals surface area contributed by atoms with Crippen molar-refractivity contribution in [1.29, 1.82) is 0 Å². The molecule has 1 amide bonds. The van der Waals surface area contributed by atoms with E-state index in [-0.39, 0.29) is 30.1 Å². The molecule has 1 heterocycles. The fourth-order valence-electron chi connectivity index (χ4n) is 6.43. The van der Waals surface area contributed by atoms with E-state index >= 15 is 0 Å². The van der Waals surface area contributed by atoms with Gasteiger partial charge in [-0.05, 0) is 80.6 Å². The van der Waals surface area contributed by atoms with Gasteiger partial charge in [-0.2, -0.15) is 0 Å². The van der Waals surface area contributed by atoms with Crippen LogP contribution in [0.3, 0.4) is 0 Å². The summed E-state index contributed by atoms with van der Waals surface area (Å²) in [6, 6.07) is 23.4. The van der Waals surface area contributed by atoms with Crippen molar-refractivity contribution in [2.75, 3.05) is 13.1 Å². The van der Waals surface area contributed by atoms with Gasteiger partial charge >= 0.3 is 5.97 Å². The SMILES string of the molecule is C=C(C)c1cc(C(=O)N2CCC(NC(CC(C)C)C(=O)OC3CCCC3)CC2)c(OCc2ccccc2)cc1OCc1ccccc1. The first-order valence-electron chi connectivity index (χ1n) is 17.2. The van der Waals surface area contributed by atoms with E-state index in [2.05, 4.69) is 25.7 Å². The summed E-state index contributed by atoms with van der Waals surface area (Å²) in [6.45, 7) is 12.2. The normalized spacial score (nSPS) is 16.2. The van der Waals surface area contributed by atoms with Crippen molar-refractivity contribution in [1.82, 2.24) is 10.2 Å². The number of amides is 1. The molecule has 1 atom stereocenters. The number of allylic oxidation sites excluding steroid dienone is 1. The summed E-state index contributed by atoms with van der Waals surface area (Å²) < 4.78 is 18.5. The molecule has 1 saturated carbocycles. The van der Waals surface area contributed by atoms with Gasteiger partial charge in [0.05, 0.1) is 5.56 Å². The Labute approximate surface area is 280 Å². The minimum absolute atomic E-state index is 0.0518. The number of rotatable bonds is 14. The number of ether oxygens (including phenoxy) is 3. The van der Waals surface area contributed by atoms with Gasteiger partial charge in [-0.25, -0.2) is 0 Å². The van der Waals surface area contributed by atoms with Gasteiger partial charge in [0, 0.05) is 30.8 Å². The van der Waals surface area contributed by atoms with Crippen LogP contribution in [0.1, 0.15) is 92.8 Å². The number of likely N-dealkylation sites (tertiary alicyclic amines) is 1. The van der Waals surface area contributed by atoms with E-state index in [1.54, 1.807) is 0 Å². The zero-order chi connectivity index (χ0) is 33.2. The van der Waals surface area contributed by atoms with Crippen LogP contribution in [0.15, 0.2) is 79.4 Å².